The van der Waals surface area contributed by atoms with Gasteiger partial charge in [0, 0.05) is 5.39 Å². The van der Waals surface area contributed by atoms with Crippen molar-refractivity contribution in [2.45, 2.75) is 0 Å². The molecule has 6 heteroatoms. The van der Waals surface area contributed by atoms with Gasteiger partial charge in [-0.3, -0.25) is 9.59 Å². The average Bonchev–Trinajstić information content (AvgIpc) is 2.50. The molecule has 0 aliphatic heterocycles. The van der Waals surface area contributed by atoms with Crippen LogP contribution in [0.25, 0.3) is 10.9 Å². The van der Waals surface area contributed by atoms with Crippen molar-refractivity contribution < 1.29 is 19.1 Å². The zero-order chi connectivity index (χ0) is 14.5. The third-order valence-electron chi connectivity index (χ3n) is 2.74. The summed E-state index contributed by atoms with van der Waals surface area (Å²) in [6, 6.07) is 9.11. The molecule has 0 aliphatic carbocycles. The van der Waals surface area contributed by atoms with Gasteiger partial charge in [0.15, 0.2) is 11.4 Å². The van der Waals surface area contributed by atoms with Crippen molar-refractivity contribution in [3.63, 3.8) is 0 Å². The van der Waals surface area contributed by atoms with Gasteiger partial charge in [-0.1, -0.05) is 18.2 Å². The van der Waals surface area contributed by atoms with Crippen molar-refractivity contribution in [2.75, 3.05) is 20.8 Å². The summed E-state index contributed by atoms with van der Waals surface area (Å²) in [6.07, 6.45) is 0. The van der Waals surface area contributed by atoms with E-state index in [0.29, 0.717) is 11.3 Å². The number of rotatable bonds is 4. The van der Waals surface area contributed by atoms with Gasteiger partial charge in [-0.25, -0.2) is 4.98 Å². The number of hydrogen-bond donors (Lipinski definition) is 1. The smallest absolute Gasteiger partial charge is 0.325 e. The van der Waals surface area contributed by atoms with Crippen molar-refractivity contribution >= 4 is 22.8 Å². The Kier molecular flexibility index (Phi) is 4.14. The van der Waals surface area contributed by atoms with Crippen LogP contribution >= 0.6 is 0 Å². The molecule has 1 heterocycles. The van der Waals surface area contributed by atoms with Crippen LogP contribution in [0.1, 0.15) is 10.5 Å². The third-order valence-corrected chi connectivity index (χ3v) is 2.74. The highest BCUT2D eigenvalue weighted by Crippen LogP contribution is 2.22. The Bertz CT molecular complexity index is 655. The first kappa shape index (κ1) is 13.8. The van der Waals surface area contributed by atoms with Crippen LogP contribution < -0.4 is 10.1 Å². The molecule has 0 saturated carbocycles. The number of amides is 1. The first-order chi connectivity index (χ1) is 9.65. The lowest BCUT2D eigenvalue weighted by atomic mass is 10.2. The number of nitrogens with zero attached hydrogens (tertiary/aromatic N) is 1. The monoisotopic (exact) mass is 274 g/mol. The second kappa shape index (κ2) is 6.01. The van der Waals surface area contributed by atoms with E-state index >= 15 is 0 Å². The van der Waals surface area contributed by atoms with Crippen molar-refractivity contribution in [2.24, 2.45) is 0 Å². The number of nitrogens with one attached hydrogen (secondary N) is 1. The molecule has 0 unspecified atom stereocenters. The van der Waals surface area contributed by atoms with Gasteiger partial charge in [-0.05, 0) is 12.1 Å². The number of pyridine rings is 1. The van der Waals surface area contributed by atoms with Gasteiger partial charge in [-0.2, -0.15) is 0 Å². The van der Waals surface area contributed by atoms with Crippen LogP contribution in [0.4, 0.5) is 0 Å². The summed E-state index contributed by atoms with van der Waals surface area (Å²) in [4.78, 5) is 27.3. The van der Waals surface area contributed by atoms with E-state index in [4.69, 9.17) is 4.74 Å². The molecular weight excluding hydrogens is 260 g/mol. The molecule has 1 aromatic carbocycles. The number of esters is 1. The van der Waals surface area contributed by atoms with E-state index in [2.05, 4.69) is 15.0 Å². The fourth-order valence-electron chi connectivity index (χ4n) is 1.72. The maximum atomic E-state index is 12.0. The SMILES string of the molecule is COC(=O)CNC(=O)c1nc2ccccc2cc1OC. The third kappa shape index (κ3) is 2.85. The zero-order valence-corrected chi connectivity index (χ0v) is 11.2. The van der Waals surface area contributed by atoms with Gasteiger partial charge < -0.3 is 14.8 Å². The average molecular weight is 274 g/mol. The lowest BCUT2D eigenvalue weighted by Crippen LogP contribution is -2.31. The largest absolute Gasteiger partial charge is 0.494 e. The highest BCUT2D eigenvalue weighted by atomic mass is 16.5. The number of benzene rings is 1. The molecular formula is C14H14N2O4. The number of ether oxygens (including phenoxy) is 2. The van der Waals surface area contributed by atoms with Gasteiger partial charge in [0.1, 0.15) is 6.54 Å². The van der Waals surface area contributed by atoms with E-state index in [1.807, 2.05) is 18.2 Å². The van der Waals surface area contributed by atoms with E-state index in [1.54, 1.807) is 12.1 Å². The van der Waals surface area contributed by atoms with Gasteiger partial charge in [0.2, 0.25) is 0 Å². The van der Waals surface area contributed by atoms with Crippen LogP contribution in [-0.2, 0) is 9.53 Å². The molecule has 20 heavy (non-hydrogen) atoms. The van der Waals surface area contributed by atoms with E-state index in [1.165, 1.54) is 14.2 Å². The topological polar surface area (TPSA) is 77.5 Å². The fourth-order valence-corrected chi connectivity index (χ4v) is 1.72. The number of methoxy groups -OCH3 is 2. The van der Waals surface area contributed by atoms with Crippen LogP contribution in [0.3, 0.4) is 0 Å². The summed E-state index contributed by atoms with van der Waals surface area (Å²) in [6.45, 7) is -0.215. The van der Waals surface area contributed by atoms with Crippen molar-refractivity contribution in [1.29, 1.82) is 0 Å². The number of carbonyl (C=O) groups is 2. The lowest BCUT2D eigenvalue weighted by Gasteiger charge is -2.09. The Morgan fingerprint density at radius 2 is 2.00 bits per heavy atom. The quantitative estimate of drug-likeness (QED) is 0.846. The highest BCUT2D eigenvalue weighted by molar-refractivity contribution is 5.99. The Balaban J connectivity index is 2.32. The minimum absolute atomic E-state index is 0.134. The van der Waals surface area contributed by atoms with Crippen LogP contribution in [0.2, 0.25) is 0 Å². The zero-order valence-electron chi connectivity index (χ0n) is 11.2. The summed E-state index contributed by atoms with van der Waals surface area (Å²) in [7, 11) is 2.71. The predicted octanol–water partition coefficient (Wildman–Crippen LogP) is 1.15. The summed E-state index contributed by atoms with van der Waals surface area (Å²) < 4.78 is 9.63. The molecule has 0 saturated heterocycles. The normalized spacial score (nSPS) is 10.1. The van der Waals surface area contributed by atoms with Gasteiger partial charge >= 0.3 is 5.97 Å². The molecule has 6 nitrogen and oxygen atoms in total. The number of carbonyl (C=O) groups excluding carboxylic acids is 2. The number of aromatic nitrogens is 1. The summed E-state index contributed by atoms with van der Waals surface area (Å²) in [5.74, 6) is -0.665. The second-order valence-electron chi connectivity index (χ2n) is 3.99. The van der Waals surface area contributed by atoms with E-state index in [-0.39, 0.29) is 12.2 Å². The minimum atomic E-state index is -0.530. The number of para-hydroxylation sites is 1. The molecule has 2 aromatic rings. The van der Waals surface area contributed by atoms with Crippen LogP contribution in [-0.4, -0.2) is 37.6 Å². The molecule has 0 aliphatic rings. The second-order valence-corrected chi connectivity index (χ2v) is 3.99. The van der Waals surface area contributed by atoms with Crippen LogP contribution in [0, 0.1) is 0 Å². The maximum absolute atomic E-state index is 12.0. The fraction of sp³-hybridized carbons (Fsp3) is 0.214. The Morgan fingerprint density at radius 3 is 2.70 bits per heavy atom. The molecule has 0 spiro atoms. The molecule has 2 rings (SSSR count). The van der Waals surface area contributed by atoms with E-state index in [0.717, 1.165) is 5.39 Å². The minimum Gasteiger partial charge on any atom is -0.494 e. The van der Waals surface area contributed by atoms with E-state index < -0.39 is 11.9 Å². The van der Waals surface area contributed by atoms with Gasteiger partial charge in [0.25, 0.3) is 5.91 Å². The molecule has 1 N–H and O–H groups in total. The molecule has 0 bridgehead atoms. The van der Waals surface area contributed by atoms with Crippen LogP contribution in [0.15, 0.2) is 30.3 Å². The van der Waals surface area contributed by atoms with Gasteiger partial charge in [0.05, 0.1) is 19.7 Å². The highest BCUT2D eigenvalue weighted by Gasteiger charge is 2.16. The Morgan fingerprint density at radius 1 is 1.25 bits per heavy atom. The molecule has 1 amide bonds. The van der Waals surface area contributed by atoms with E-state index in [9.17, 15) is 9.59 Å². The molecule has 0 fully saturated rings. The summed E-state index contributed by atoms with van der Waals surface area (Å²) in [5.41, 5.74) is 0.812. The van der Waals surface area contributed by atoms with Crippen LogP contribution in [0.5, 0.6) is 5.75 Å². The Hall–Kier alpha value is -2.63. The molecule has 0 atom stereocenters. The molecule has 104 valence electrons. The Labute approximate surface area is 115 Å². The molecule has 0 radical (unpaired) electrons. The number of fused-ring (bicyclic) bond motifs is 1. The summed E-state index contributed by atoms with van der Waals surface area (Å²) in [5, 5.41) is 3.30. The van der Waals surface area contributed by atoms with Crippen molar-refractivity contribution in [1.82, 2.24) is 10.3 Å². The van der Waals surface area contributed by atoms with Crippen molar-refractivity contribution in [3.8, 4) is 5.75 Å². The standard InChI is InChI=1S/C14H14N2O4/c1-19-11-7-9-5-3-4-6-10(9)16-13(11)14(18)15-8-12(17)20-2/h3-7H,8H2,1-2H3,(H,15,18). The number of hydrogen-bond acceptors (Lipinski definition) is 5. The predicted molar refractivity (Wildman–Crippen MR) is 72.6 cm³/mol. The lowest BCUT2D eigenvalue weighted by molar-refractivity contribution is -0.139. The summed E-state index contributed by atoms with van der Waals surface area (Å²) >= 11 is 0. The first-order valence-electron chi connectivity index (χ1n) is 5.94. The van der Waals surface area contributed by atoms with Gasteiger partial charge in [-0.15, -0.1) is 0 Å². The maximum Gasteiger partial charge on any atom is 0.325 e. The molecule has 1 aromatic heterocycles. The van der Waals surface area contributed by atoms with Crippen molar-refractivity contribution in [3.05, 3.63) is 36.0 Å². The first-order valence-corrected chi connectivity index (χ1v) is 5.94.